The molecule has 0 spiro atoms. The van der Waals surface area contributed by atoms with Crippen molar-refractivity contribution in [3.05, 3.63) is 48.7 Å². The first kappa shape index (κ1) is 11.0. The standard InChI is InChI=1S/C15H14N3/c1-11(2)18-15-13(10-16-18)8-9-14(17-15)12-6-4-3-5-7-12/h3-7,9-11H,1-2H3. The lowest BCUT2D eigenvalue weighted by Crippen LogP contribution is -2.03. The maximum atomic E-state index is 4.70. The van der Waals surface area contributed by atoms with Gasteiger partial charge in [-0.05, 0) is 26.0 Å². The summed E-state index contributed by atoms with van der Waals surface area (Å²) < 4.78 is 1.93. The molecule has 0 saturated carbocycles. The van der Waals surface area contributed by atoms with Crippen molar-refractivity contribution in [3.63, 3.8) is 0 Å². The van der Waals surface area contributed by atoms with E-state index in [9.17, 15) is 0 Å². The van der Waals surface area contributed by atoms with Gasteiger partial charge in [-0.1, -0.05) is 30.3 Å². The fourth-order valence-corrected chi connectivity index (χ4v) is 2.00. The number of hydrogen-bond acceptors (Lipinski definition) is 2. The molecule has 18 heavy (non-hydrogen) atoms. The van der Waals surface area contributed by atoms with E-state index < -0.39 is 0 Å². The predicted octanol–water partition coefficient (Wildman–Crippen LogP) is 3.48. The Balaban J connectivity index is 2.18. The molecule has 1 aromatic carbocycles. The molecular weight excluding hydrogens is 222 g/mol. The van der Waals surface area contributed by atoms with Gasteiger partial charge in [-0.15, -0.1) is 0 Å². The molecule has 0 saturated heterocycles. The van der Waals surface area contributed by atoms with Crippen LogP contribution in [-0.4, -0.2) is 14.8 Å². The molecule has 0 aliphatic rings. The average molecular weight is 236 g/mol. The minimum atomic E-state index is 0.300. The molecule has 3 rings (SSSR count). The van der Waals surface area contributed by atoms with Crippen LogP contribution in [-0.2, 0) is 0 Å². The SMILES string of the molecule is CC(C)n1ncc2[c]cc(-c3ccccc3)nc21. The molecule has 1 radical (unpaired) electrons. The lowest BCUT2D eigenvalue weighted by molar-refractivity contribution is 0.546. The molecule has 0 bridgehead atoms. The van der Waals surface area contributed by atoms with Crippen molar-refractivity contribution >= 4 is 11.0 Å². The number of rotatable bonds is 2. The molecule has 0 amide bonds. The monoisotopic (exact) mass is 236 g/mol. The van der Waals surface area contributed by atoms with Gasteiger partial charge in [0.25, 0.3) is 0 Å². The van der Waals surface area contributed by atoms with E-state index in [1.165, 1.54) is 0 Å². The lowest BCUT2D eigenvalue weighted by atomic mass is 10.1. The second-order valence-electron chi connectivity index (χ2n) is 4.57. The highest BCUT2D eigenvalue weighted by Gasteiger charge is 2.08. The third kappa shape index (κ3) is 1.78. The summed E-state index contributed by atoms with van der Waals surface area (Å²) in [5.74, 6) is 0. The molecule has 3 aromatic rings. The fourth-order valence-electron chi connectivity index (χ4n) is 2.00. The number of pyridine rings is 1. The van der Waals surface area contributed by atoms with Gasteiger partial charge in [0, 0.05) is 17.0 Å². The van der Waals surface area contributed by atoms with E-state index in [1.54, 1.807) is 0 Å². The maximum Gasteiger partial charge on any atom is 0.159 e. The molecule has 2 heterocycles. The van der Waals surface area contributed by atoms with Gasteiger partial charge in [-0.3, -0.25) is 0 Å². The fraction of sp³-hybridized carbons (Fsp3) is 0.200. The molecule has 0 atom stereocenters. The van der Waals surface area contributed by atoms with E-state index in [2.05, 4.69) is 37.1 Å². The smallest absolute Gasteiger partial charge is 0.159 e. The van der Waals surface area contributed by atoms with E-state index in [0.717, 1.165) is 22.3 Å². The van der Waals surface area contributed by atoms with Crippen molar-refractivity contribution in [2.24, 2.45) is 0 Å². The van der Waals surface area contributed by atoms with Crippen molar-refractivity contribution in [2.45, 2.75) is 19.9 Å². The Morgan fingerprint density at radius 1 is 1.17 bits per heavy atom. The van der Waals surface area contributed by atoms with Crippen molar-refractivity contribution in [1.29, 1.82) is 0 Å². The predicted molar refractivity (Wildman–Crippen MR) is 72.2 cm³/mol. The highest BCUT2D eigenvalue weighted by atomic mass is 15.3. The van der Waals surface area contributed by atoms with Gasteiger partial charge in [0.1, 0.15) is 0 Å². The molecular formula is C15H14N3. The van der Waals surface area contributed by atoms with E-state index in [1.807, 2.05) is 35.1 Å². The summed E-state index contributed by atoms with van der Waals surface area (Å²) in [5.41, 5.74) is 2.93. The number of benzene rings is 1. The Bertz CT molecular complexity index is 669. The van der Waals surface area contributed by atoms with Crippen LogP contribution in [0.4, 0.5) is 0 Å². The van der Waals surface area contributed by atoms with Crippen LogP contribution in [0.25, 0.3) is 22.3 Å². The Morgan fingerprint density at radius 2 is 1.94 bits per heavy atom. The van der Waals surface area contributed by atoms with Gasteiger partial charge in [-0.25, -0.2) is 9.67 Å². The van der Waals surface area contributed by atoms with Crippen molar-refractivity contribution in [2.75, 3.05) is 0 Å². The second kappa shape index (κ2) is 4.26. The van der Waals surface area contributed by atoms with E-state index >= 15 is 0 Å². The maximum absolute atomic E-state index is 4.70. The molecule has 0 N–H and O–H groups in total. The van der Waals surface area contributed by atoms with Gasteiger partial charge in [0.05, 0.1) is 11.9 Å². The van der Waals surface area contributed by atoms with Gasteiger partial charge in [0.15, 0.2) is 5.65 Å². The third-order valence-corrected chi connectivity index (χ3v) is 2.92. The molecule has 89 valence electrons. The van der Waals surface area contributed by atoms with E-state index in [4.69, 9.17) is 4.98 Å². The average Bonchev–Trinajstić information content (AvgIpc) is 2.82. The number of hydrogen-bond donors (Lipinski definition) is 0. The summed E-state index contributed by atoms with van der Waals surface area (Å²) in [6, 6.07) is 15.6. The zero-order chi connectivity index (χ0) is 12.5. The molecule has 3 heteroatoms. The Hall–Kier alpha value is -2.16. The first-order valence-electron chi connectivity index (χ1n) is 6.07. The number of aromatic nitrogens is 3. The number of fused-ring (bicyclic) bond motifs is 1. The topological polar surface area (TPSA) is 30.7 Å². The molecule has 0 fully saturated rings. The summed E-state index contributed by atoms with van der Waals surface area (Å²) in [6.45, 7) is 4.20. The summed E-state index contributed by atoms with van der Waals surface area (Å²) in [7, 11) is 0. The zero-order valence-corrected chi connectivity index (χ0v) is 10.5. The van der Waals surface area contributed by atoms with Crippen LogP contribution in [0.15, 0.2) is 42.6 Å². The summed E-state index contributed by atoms with van der Waals surface area (Å²) in [6.07, 6.45) is 1.82. The molecule has 0 aliphatic carbocycles. The van der Waals surface area contributed by atoms with Crippen molar-refractivity contribution in [1.82, 2.24) is 14.8 Å². The van der Waals surface area contributed by atoms with E-state index in [0.29, 0.717) is 6.04 Å². The molecule has 0 unspecified atom stereocenters. The molecule has 3 nitrogen and oxygen atoms in total. The highest BCUT2D eigenvalue weighted by molar-refractivity contribution is 5.77. The number of nitrogens with zero attached hydrogens (tertiary/aromatic N) is 3. The normalized spacial score (nSPS) is 11.3. The highest BCUT2D eigenvalue weighted by Crippen LogP contribution is 2.21. The summed E-state index contributed by atoms with van der Waals surface area (Å²) >= 11 is 0. The second-order valence-corrected chi connectivity index (χ2v) is 4.57. The Labute approximate surface area is 106 Å². The summed E-state index contributed by atoms with van der Waals surface area (Å²) in [4.78, 5) is 4.70. The largest absolute Gasteiger partial charge is 0.245 e. The Kier molecular flexibility index (Phi) is 2.59. The van der Waals surface area contributed by atoms with Crippen molar-refractivity contribution < 1.29 is 0 Å². The van der Waals surface area contributed by atoms with Crippen LogP contribution < -0.4 is 0 Å². The van der Waals surface area contributed by atoms with Gasteiger partial charge in [0.2, 0.25) is 0 Å². The van der Waals surface area contributed by atoms with E-state index in [-0.39, 0.29) is 0 Å². The third-order valence-electron chi connectivity index (χ3n) is 2.92. The lowest BCUT2D eigenvalue weighted by Gasteiger charge is -2.07. The van der Waals surface area contributed by atoms with Crippen LogP contribution in [0.3, 0.4) is 0 Å². The van der Waals surface area contributed by atoms with Crippen molar-refractivity contribution in [3.8, 4) is 11.3 Å². The van der Waals surface area contributed by atoms with Gasteiger partial charge < -0.3 is 0 Å². The van der Waals surface area contributed by atoms with Gasteiger partial charge in [-0.2, -0.15) is 5.10 Å². The molecule has 2 aromatic heterocycles. The quantitative estimate of drug-likeness (QED) is 0.682. The van der Waals surface area contributed by atoms with Crippen LogP contribution >= 0.6 is 0 Å². The van der Waals surface area contributed by atoms with Crippen LogP contribution in [0, 0.1) is 6.07 Å². The first-order chi connectivity index (χ1) is 8.75. The minimum Gasteiger partial charge on any atom is -0.245 e. The zero-order valence-electron chi connectivity index (χ0n) is 10.5. The van der Waals surface area contributed by atoms with Gasteiger partial charge >= 0.3 is 0 Å². The summed E-state index contributed by atoms with van der Waals surface area (Å²) in [5, 5.41) is 5.31. The minimum absolute atomic E-state index is 0.300. The van der Waals surface area contributed by atoms with Crippen LogP contribution in [0.5, 0.6) is 0 Å². The van der Waals surface area contributed by atoms with Crippen LogP contribution in [0.1, 0.15) is 19.9 Å². The Morgan fingerprint density at radius 3 is 2.67 bits per heavy atom. The first-order valence-corrected chi connectivity index (χ1v) is 6.07. The molecule has 0 aliphatic heterocycles. The van der Waals surface area contributed by atoms with Crippen LogP contribution in [0.2, 0.25) is 0 Å².